The molecule has 1 fully saturated rings. The SMILES string of the molecule is C/N=C1\C=C(NC2OC(C)C(OC)C(O)C2OC)C(=O)c2cc3c(c(O)c21)C(=O)C1(OC)C(O)Cc2cc(C)c(C(=O)O)c(O)c2C1(O)C3=O. The molecule has 4 aliphatic rings. The van der Waals surface area contributed by atoms with Crippen LogP contribution in [-0.4, -0.2) is 130 Å². The van der Waals surface area contributed by atoms with Gasteiger partial charge in [-0.3, -0.25) is 19.4 Å². The first-order chi connectivity index (χ1) is 23.6. The Balaban J connectivity index is 1.54. The summed E-state index contributed by atoms with van der Waals surface area (Å²) in [7, 11) is 5.01. The molecule has 0 spiro atoms. The van der Waals surface area contributed by atoms with Gasteiger partial charge in [-0.15, -0.1) is 0 Å². The molecule has 0 aromatic heterocycles. The average Bonchev–Trinajstić information content (AvgIpc) is 3.04. The Morgan fingerprint density at radius 2 is 1.66 bits per heavy atom. The van der Waals surface area contributed by atoms with Crippen LogP contribution in [0.2, 0.25) is 0 Å². The number of phenols is 2. The number of carboxylic acid groups (broad SMARTS) is 1. The number of aliphatic imine (C=N–C) groups is 1. The molecule has 3 aliphatic carbocycles. The third-order valence-electron chi connectivity index (χ3n) is 10.2. The second kappa shape index (κ2) is 12.1. The standard InChI is InChI=1S/C34H36N2O14/c1-11-7-13-8-18(37)34(49-6)30(43)21-15(29(42)33(34,46)22(13)25(40)19(11)32(44)45)9-14-20(24(21)39)16(35-3)10-17(23(14)38)36-31-28(48-5)26(41)27(47-4)12(2)50-31/h7,9-10,12,18,26-28,31,36-37,39-41,46H,8H2,1-6H3,(H,44,45)/b35-16+. The maximum absolute atomic E-state index is 14.6. The van der Waals surface area contributed by atoms with Crippen molar-refractivity contribution in [2.24, 2.45) is 4.99 Å². The van der Waals surface area contributed by atoms with Crippen LogP contribution >= 0.6 is 0 Å². The Bertz CT molecular complexity index is 1940. The van der Waals surface area contributed by atoms with Crippen molar-refractivity contribution >= 4 is 29.0 Å². The summed E-state index contributed by atoms with van der Waals surface area (Å²) < 4.78 is 22.2. The lowest BCUT2D eigenvalue weighted by Crippen LogP contribution is -2.73. The Morgan fingerprint density at radius 1 is 1.00 bits per heavy atom. The summed E-state index contributed by atoms with van der Waals surface area (Å²) >= 11 is 0. The number of rotatable bonds is 6. The normalized spacial score (nSPS) is 32.5. The van der Waals surface area contributed by atoms with Crippen molar-refractivity contribution in [3.8, 4) is 11.5 Å². The predicted molar refractivity (Wildman–Crippen MR) is 170 cm³/mol. The zero-order chi connectivity index (χ0) is 36.8. The van der Waals surface area contributed by atoms with Crippen molar-refractivity contribution in [2.75, 3.05) is 28.4 Å². The molecule has 0 amide bonds. The number of Topliss-reactive ketones (excluding diaryl/α,β-unsaturated/α-hetero) is 3. The summed E-state index contributed by atoms with van der Waals surface area (Å²) in [5, 5.41) is 70.4. The van der Waals surface area contributed by atoms with Crippen LogP contribution in [0, 0.1) is 6.92 Å². The predicted octanol–water partition coefficient (Wildman–Crippen LogP) is -0.102. The highest BCUT2D eigenvalue weighted by molar-refractivity contribution is 6.31. The molecule has 1 heterocycles. The van der Waals surface area contributed by atoms with Crippen LogP contribution in [0.1, 0.15) is 70.6 Å². The lowest BCUT2D eigenvalue weighted by Gasteiger charge is -2.53. The van der Waals surface area contributed by atoms with Gasteiger partial charge >= 0.3 is 5.97 Å². The van der Waals surface area contributed by atoms with Gasteiger partial charge in [-0.1, -0.05) is 6.07 Å². The van der Waals surface area contributed by atoms with E-state index in [0.717, 1.165) is 13.2 Å². The quantitative estimate of drug-likeness (QED) is 0.208. The topological polar surface area (TPSA) is 251 Å². The number of benzene rings is 2. The van der Waals surface area contributed by atoms with Gasteiger partial charge in [0.15, 0.2) is 17.4 Å². The van der Waals surface area contributed by atoms with Crippen LogP contribution < -0.4 is 5.32 Å². The first kappa shape index (κ1) is 35.3. The highest BCUT2D eigenvalue weighted by Gasteiger charge is 2.72. The lowest BCUT2D eigenvalue weighted by atomic mass is 9.56. The summed E-state index contributed by atoms with van der Waals surface area (Å²) in [6.45, 7) is 3.02. The molecule has 2 aromatic carbocycles. The zero-order valence-corrected chi connectivity index (χ0v) is 27.8. The Kier molecular flexibility index (Phi) is 8.50. The van der Waals surface area contributed by atoms with Gasteiger partial charge in [0, 0.05) is 51.5 Å². The molecule has 16 nitrogen and oxygen atoms in total. The second-order valence-corrected chi connectivity index (χ2v) is 12.6. The largest absolute Gasteiger partial charge is 0.507 e. The molecule has 50 heavy (non-hydrogen) atoms. The summed E-state index contributed by atoms with van der Waals surface area (Å²) in [5.41, 5.74) is -9.50. The zero-order valence-electron chi connectivity index (χ0n) is 27.8. The third kappa shape index (κ3) is 4.40. The number of ketones is 3. The molecule has 0 radical (unpaired) electrons. The lowest BCUT2D eigenvalue weighted by molar-refractivity contribution is -0.236. The van der Waals surface area contributed by atoms with Gasteiger partial charge in [-0.2, -0.15) is 0 Å². The van der Waals surface area contributed by atoms with Crippen molar-refractivity contribution < 1.29 is 68.8 Å². The fourth-order valence-electron chi connectivity index (χ4n) is 7.95. The van der Waals surface area contributed by atoms with Crippen molar-refractivity contribution in [3.63, 3.8) is 0 Å². The minimum atomic E-state index is -3.23. The van der Waals surface area contributed by atoms with Crippen LogP contribution in [0.25, 0.3) is 0 Å². The van der Waals surface area contributed by atoms with Gasteiger partial charge in [0.1, 0.15) is 35.4 Å². The number of methoxy groups -OCH3 is 3. The number of aromatic carboxylic acids is 1. The number of phenolic OH excluding ortho intramolecular Hbond substituents is 1. The molecule has 0 saturated carbocycles. The number of aliphatic hydroxyl groups excluding tert-OH is 2. The average molecular weight is 697 g/mol. The minimum Gasteiger partial charge on any atom is -0.507 e. The number of allylic oxidation sites excluding steroid dienone is 2. The van der Waals surface area contributed by atoms with Gasteiger partial charge in [-0.05, 0) is 37.1 Å². The Morgan fingerprint density at radius 3 is 2.24 bits per heavy atom. The Labute approximate surface area is 284 Å². The summed E-state index contributed by atoms with van der Waals surface area (Å²) in [6, 6.07) is 2.24. The van der Waals surface area contributed by atoms with E-state index >= 15 is 0 Å². The van der Waals surface area contributed by atoms with E-state index in [9.17, 15) is 49.8 Å². The number of fused-ring (bicyclic) bond motifs is 5. The van der Waals surface area contributed by atoms with Crippen LogP contribution in [0.3, 0.4) is 0 Å². The van der Waals surface area contributed by atoms with Crippen molar-refractivity contribution in [1.82, 2.24) is 5.32 Å². The fraction of sp³-hybridized carbons (Fsp3) is 0.441. The number of hydrogen-bond acceptors (Lipinski definition) is 15. The van der Waals surface area contributed by atoms with Crippen LogP contribution in [-0.2, 0) is 31.0 Å². The molecule has 6 rings (SSSR count). The summed E-state index contributed by atoms with van der Waals surface area (Å²) in [6.07, 6.45) is -5.82. The van der Waals surface area contributed by atoms with Crippen LogP contribution in [0.15, 0.2) is 28.9 Å². The molecule has 0 bridgehead atoms. The second-order valence-electron chi connectivity index (χ2n) is 12.6. The highest BCUT2D eigenvalue weighted by atomic mass is 16.6. The van der Waals surface area contributed by atoms with E-state index in [1.165, 1.54) is 40.3 Å². The molecule has 1 aliphatic heterocycles. The number of hydrogen-bond donors (Lipinski definition) is 7. The maximum atomic E-state index is 14.6. The van der Waals surface area contributed by atoms with Gasteiger partial charge < -0.3 is 54.9 Å². The highest BCUT2D eigenvalue weighted by Crippen LogP contribution is 2.56. The molecule has 1 saturated heterocycles. The number of aryl methyl sites for hydroxylation is 1. The van der Waals surface area contributed by atoms with E-state index in [1.807, 2.05) is 0 Å². The van der Waals surface area contributed by atoms with Gasteiger partial charge in [0.2, 0.25) is 17.3 Å². The smallest absolute Gasteiger partial charge is 0.339 e. The summed E-state index contributed by atoms with van der Waals surface area (Å²) in [5.74, 6) is -6.93. The number of carboxylic acids is 1. The number of carbonyl (C=O) groups is 4. The molecule has 266 valence electrons. The van der Waals surface area contributed by atoms with E-state index in [0.29, 0.717) is 0 Å². The van der Waals surface area contributed by atoms with E-state index in [1.54, 1.807) is 6.92 Å². The number of nitrogens with one attached hydrogen (secondary N) is 1. The number of nitrogens with zero attached hydrogens (tertiary/aromatic N) is 1. The number of aromatic hydroxyl groups is 2. The molecule has 7 N–H and O–H groups in total. The van der Waals surface area contributed by atoms with E-state index in [-0.39, 0.29) is 33.7 Å². The fourth-order valence-corrected chi connectivity index (χ4v) is 7.95. The molecular formula is C34H36N2O14. The molecular weight excluding hydrogens is 660 g/mol. The maximum Gasteiger partial charge on any atom is 0.339 e. The van der Waals surface area contributed by atoms with Gasteiger partial charge in [-0.25, -0.2) is 4.79 Å². The summed E-state index contributed by atoms with van der Waals surface area (Å²) in [4.78, 5) is 59.5. The number of ether oxygens (including phenoxy) is 4. The Hall–Kier alpha value is -4.55. The van der Waals surface area contributed by atoms with Crippen molar-refractivity contribution in [2.45, 2.75) is 68.2 Å². The number of carbonyl (C=O) groups excluding carboxylic acids is 3. The number of aliphatic hydroxyl groups is 3. The molecule has 8 unspecified atom stereocenters. The first-order valence-electron chi connectivity index (χ1n) is 15.5. The van der Waals surface area contributed by atoms with Crippen LogP contribution in [0.4, 0.5) is 0 Å². The minimum absolute atomic E-state index is 0.0168. The van der Waals surface area contributed by atoms with E-state index in [4.69, 9.17) is 18.9 Å². The van der Waals surface area contributed by atoms with Gasteiger partial charge in [0.05, 0.1) is 34.7 Å². The molecule has 16 heteroatoms. The first-order valence-corrected chi connectivity index (χ1v) is 15.5. The van der Waals surface area contributed by atoms with Crippen molar-refractivity contribution in [3.05, 3.63) is 68.4 Å². The van der Waals surface area contributed by atoms with E-state index < -0.39 is 111 Å². The van der Waals surface area contributed by atoms with Gasteiger partial charge in [0.25, 0.3) is 0 Å². The third-order valence-corrected chi connectivity index (χ3v) is 10.2. The van der Waals surface area contributed by atoms with E-state index in [2.05, 4.69) is 10.3 Å². The monoisotopic (exact) mass is 696 g/mol. The van der Waals surface area contributed by atoms with Crippen LogP contribution in [0.5, 0.6) is 11.5 Å². The molecule has 8 atom stereocenters. The molecule has 2 aromatic rings. The van der Waals surface area contributed by atoms with Crippen molar-refractivity contribution in [1.29, 1.82) is 0 Å².